The number of anilines is 1. The van der Waals surface area contributed by atoms with Crippen LogP contribution in [-0.4, -0.2) is 12.0 Å². The summed E-state index contributed by atoms with van der Waals surface area (Å²) < 4.78 is 5.74. The highest BCUT2D eigenvalue weighted by Crippen LogP contribution is 2.17. The van der Waals surface area contributed by atoms with Crippen molar-refractivity contribution >= 4 is 5.82 Å². The second kappa shape index (κ2) is 5.54. The number of pyridine rings is 1. The Labute approximate surface area is 108 Å². The summed E-state index contributed by atoms with van der Waals surface area (Å²) in [4.78, 5) is 4.25. The predicted molar refractivity (Wildman–Crippen MR) is 74.0 cm³/mol. The molecule has 1 aromatic carbocycles. The van der Waals surface area contributed by atoms with E-state index < -0.39 is 0 Å². The van der Waals surface area contributed by atoms with E-state index in [4.69, 9.17) is 4.74 Å². The molecule has 2 rings (SSSR count). The first-order chi connectivity index (χ1) is 8.69. The van der Waals surface area contributed by atoms with Crippen LogP contribution in [0.5, 0.6) is 5.75 Å². The molecule has 0 saturated heterocycles. The summed E-state index contributed by atoms with van der Waals surface area (Å²) in [6.07, 6.45) is 1.83. The van der Waals surface area contributed by atoms with Crippen molar-refractivity contribution in [3.63, 3.8) is 0 Å². The fraction of sp³-hybridized carbons (Fsp3) is 0.267. The molecule has 0 aliphatic heterocycles. The fourth-order valence-electron chi connectivity index (χ4n) is 1.63. The van der Waals surface area contributed by atoms with Crippen LogP contribution in [0.3, 0.4) is 0 Å². The molecule has 0 aliphatic rings. The maximum atomic E-state index is 5.74. The van der Waals surface area contributed by atoms with E-state index in [0.717, 1.165) is 17.1 Å². The zero-order valence-corrected chi connectivity index (χ0v) is 11.0. The highest BCUT2D eigenvalue weighted by molar-refractivity contribution is 5.35. The summed E-state index contributed by atoms with van der Waals surface area (Å²) in [5.74, 6) is 1.76. The van der Waals surface area contributed by atoms with Crippen molar-refractivity contribution in [3.05, 3.63) is 53.2 Å². The minimum absolute atomic E-state index is 0.541. The van der Waals surface area contributed by atoms with Crippen LogP contribution in [0.4, 0.5) is 5.82 Å². The average Bonchev–Trinajstić information content (AvgIpc) is 2.41. The Hall–Kier alpha value is -2.03. The van der Waals surface area contributed by atoms with Gasteiger partial charge in [0.15, 0.2) is 0 Å². The lowest BCUT2D eigenvalue weighted by Crippen LogP contribution is -1.98. The van der Waals surface area contributed by atoms with E-state index >= 15 is 0 Å². The molecule has 1 heterocycles. The van der Waals surface area contributed by atoms with Gasteiger partial charge in [0.1, 0.15) is 18.2 Å². The number of benzene rings is 1. The first-order valence-corrected chi connectivity index (χ1v) is 6.02. The van der Waals surface area contributed by atoms with Gasteiger partial charge in [0.2, 0.25) is 0 Å². The molecule has 0 bridgehead atoms. The number of aromatic nitrogens is 1. The Morgan fingerprint density at radius 2 is 1.94 bits per heavy atom. The largest absolute Gasteiger partial charge is 0.489 e. The highest BCUT2D eigenvalue weighted by atomic mass is 16.5. The smallest absolute Gasteiger partial charge is 0.125 e. The Morgan fingerprint density at radius 1 is 1.11 bits per heavy atom. The summed E-state index contributed by atoms with van der Waals surface area (Å²) in [6.45, 7) is 4.73. The fourth-order valence-corrected chi connectivity index (χ4v) is 1.63. The van der Waals surface area contributed by atoms with Gasteiger partial charge in [-0.05, 0) is 43.2 Å². The van der Waals surface area contributed by atoms with E-state index in [1.807, 2.05) is 31.4 Å². The van der Waals surface area contributed by atoms with Crippen LogP contribution in [0.2, 0.25) is 0 Å². The molecule has 18 heavy (non-hydrogen) atoms. The molecule has 0 fully saturated rings. The highest BCUT2D eigenvalue weighted by Gasteiger charge is 1.99. The van der Waals surface area contributed by atoms with Gasteiger partial charge in [0.25, 0.3) is 0 Å². The molecule has 0 aliphatic carbocycles. The maximum absolute atomic E-state index is 5.74. The lowest BCUT2D eigenvalue weighted by molar-refractivity contribution is 0.305. The minimum atomic E-state index is 0.541. The molecule has 0 atom stereocenters. The molecule has 0 spiro atoms. The van der Waals surface area contributed by atoms with Crippen molar-refractivity contribution in [2.45, 2.75) is 20.5 Å². The van der Waals surface area contributed by atoms with Gasteiger partial charge in [0, 0.05) is 18.8 Å². The summed E-state index contributed by atoms with van der Waals surface area (Å²) >= 11 is 0. The lowest BCUT2D eigenvalue weighted by Gasteiger charge is -2.08. The molecule has 0 radical (unpaired) electrons. The molecule has 2 aromatic rings. The second-order valence-electron chi connectivity index (χ2n) is 4.34. The van der Waals surface area contributed by atoms with Crippen molar-refractivity contribution in [2.24, 2.45) is 0 Å². The van der Waals surface area contributed by atoms with E-state index in [2.05, 4.69) is 36.3 Å². The molecule has 1 aromatic heterocycles. The third-order valence-electron chi connectivity index (χ3n) is 2.96. The molecule has 3 nitrogen and oxygen atoms in total. The number of nitrogens with zero attached hydrogens (tertiary/aromatic N) is 1. The topological polar surface area (TPSA) is 34.1 Å². The van der Waals surface area contributed by atoms with Gasteiger partial charge in [0.05, 0.1) is 0 Å². The third-order valence-corrected chi connectivity index (χ3v) is 2.96. The zero-order chi connectivity index (χ0) is 13.0. The summed E-state index contributed by atoms with van der Waals surface area (Å²) in [6, 6.07) is 10.1. The van der Waals surface area contributed by atoms with Gasteiger partial charge in [-0.2, -0.15) is 0 Å². The first-order valence-electron chi connectivity index (χ1n) is 6.02. The van der Waals surface area contributed by atoms with Gasteiger partial charge in [-0.3, -0.25) is 0 Å². The van der Waals surface area contributed by atoms with Crippen LogP contribution in [0.1, 0.15) is 16.7 Å². The number of ether oxygens (including phenoxy) is 1. The predicted octanol–water partition coefficient (Wildman–Crippen LogP) is 3.32. The van der Waals surface area contributed by atoms with Gasteiger partial charge in [-0.1, -0.05) is 12.1 Å². The minimum Gasteiger partial charge on any atom is -0.489 e. The number of aryl methyl sites for hydroxylation is 2. The standard InChI is InChI=1S/C15H18N2O/c1-11-4-6-14(8-12(11)2)18-10-13-5-7-15(16-3)17-9-13/h4-9H,10H2,1-3H3,(H,16,17). The molecule has 3 heteroatoms. The molecule has 0 amide bonds. The van der Waals surface area contributed by atoms with Crippen LogP contribution < -0.4 is 10.1 Å². The monoisotopic (exact) mass is 242 g/mol. The first kappa shape index (κ1) is 12.4. The van der Waals surface area contributed by atoms with E-state index in [1.165, 1.54) is 11.1 Å². The second-order valence-corrected chi connectivity index (χ2v) is 4.34. The average molecular weight is 242 g/mol. The summed E-state index contributed by atoms with van der Waals surface area (Å²) in [7, 11) is 1.85. The van der Waals surface area contributed by atoms with E-state index in [0.29, 0.717) is 6.61 Å². The van der Waals surface area contributed by atoms with Crippen molar-refractivity contribution < 1.29 is 4.74 Å². The molecule has 1 N–H and O–H groups in total. The van der Waals surface area contributed by atoms with E-state index in [-0.39, 0.29) is 0 Å². The van der Waals surface area contributed by atoms with Gasteiger partial charge >= 0.3 is 0 Å². The van der Waals surface area contributed by atoms with Crippen LogP contribution in [0, 0.1) is 13.8 Å². The van der Waals surface area contributed by atoms with Gasteiger partial charge in [-0.25, -0.2) is 4.98 Å². The molecular formula is C15H18N2O. The van der Waals surface area contributed by atoms with E-state index in [9.17, 15) is 0 Å². The molecule has 0 unspecified atom stereocenters. The number of nitrogens with one attached hydrogen (secondary N) is 1. The van der Waals surface area contributed by atoms with Crippen molar-refractivity contribution in [2.75, 3.05) is 12.4 Å². The number of hydrogen-bond acceptors (Lipinski definition) is 3. The van der Waals surface area contributed by atoms with Crippen LogP contribution in [-0.2, 0) is 6.61 Å². The number of rotatable bonds is 4. The maximum Gasteiger partial charge on any atom is 0.125 e. The van der Waals surface area contributed by atoms with Gasteiger partial charge in [-0.15, -0.1) is 0 Å². The van der Waals surface area contributed by atoms with Crippen LogP contribution in [0.15, 0.2) is 36.5 Å². The Morgan fingerprint density at radius 3 is 2.56 bits per heavy atom. The van der Waals surface area contributed by atoms with Crippen molar-refractivity contribution in [3.8, 4) is 5.75 Å². The van der Waals surface area contributed by atoms with Crippen LogP contribution in [0.25, 0.3) is 0 Å². The van der Waals surface area contributed by atoms with Gasteiger partial charge < -0.3 is 10.1 Å². The summed E-state index contributed by atoms with van der Waals surface area (Å²) in [5, 5.41) is 2.99. The lowest BCUT2D eigenvalue weighted by atomic mass is 10.1. The Balaban J connectivity index is 1.99. The van der Waals surface area contributed by atoms with Crippen molar-refractivity contribution in [1.82, 2.24) is 4.98 Å². The third kappa shape index (κ3) is 3.00. The summed E-state index contributed by atoms with van der Waals surface area (Å²) in [5.41, 5.74) is 3.59. The molecule has 0 saturated carbocycles. The Bertz CT molecular complexity index is 521. The molecular weight excluding hydrogens is 224 g/mol. The quantitative estimate of drug-likeness (QED) is 0.893. The van der Waals surface area contributed by atoms with Crippen molar-refractivity contribution in [1.29, 1.82) is 0 Å². The van der Waals surface area contributed by atoms with E-state index in [1.54, 1.807) is 0 Å². The number of hydrogen-bond donors (Lipinski definition) is 1. The molecule has 94 valence electrons. The van der Waals surface area contributed by atoms with Crippen LogP contribution >= 0.6 is 0 Å². The normalized spacial score (nSPS) is 10.2. The zero-order valence-electron chi connectivity index (χ0n) is 11.0. The SMILES string of the molecule is CNc1ccc(COc2ccc(C)c(C)c2)cn1. The Kier molecular flexibility index (Phi) is 3.82.